The zero-order valence-corrected chi connectivity index (χ0v) is 11.0. The van der Waals surface area contributed by atoms with Gasteiger partial charge in [0.15, 0.2) is 5.82 Å². The van der Waals surface area contributed by atoms with Gasteiger partial charge < -0.3 is 10.3 Å². The maximum absolute atomic E-state index is 6.08. The summed E-state index contributed by atoms with van der Waals surface area (Å²) in [5.74, 6) is 1.29. The van der Waals surface area contributed by atoms with Gasteiger partial charge in [-0.15, -0.1) is 0 Å². The topological polar surface area (TPSA) is 64.9 Å². The molecule has 2 aromatic rings. The van der Waals surface area contributed by atoms with Gasteiger partial charge in [-0.1, -0.05) is 35.0 Å². The molecular formula is C13H16ClN3O. The lowest BCUT2D eigenvalue weighted by atomic mass is 10.1. The van der Waals surface area contributed by atoms with Crippen LogP contribution in [0.3, 0.4) is 0 Å². The maximum Gasteiger partial charge on any atom is 0.226 e. The Morgan fingerprint density at radius 2 is 2.17 bits per heavy atom. The van der Waals surface area contributed by atoms with Crippen LogP contribution in [0.1, 0.15) is 30.6 Å². The van der Waals surface area contributed by atoms with E-state index in [-0.39, 0.29) is 6.04 Å². The van der Waals surface area contributed by atoms with E-state index in [0.29, 0.717) is 24.6 Å². The van der Waals surface area contributed by atoms with Crippen molar-refractivity contribution in [2.45, 2.75) is 32.2 Å². The Balaban J connectivity index is 2.00. The summed E-state index contributed by atoms with van der Waals surface area (Å²) in [5.41, 5.74) is 6.68. The van der Waals surface area contributed by atoms with Gasteiger partial charge in [0.05, 0.1) is 0 Å². The van der Waals surface area contributed by atoms with Crippen LogP contribution < -0.4 is 5.73 Å². The molecule has 0 bridgehead atoms. The van der Waals surface area contributed by atoms with Gasteiger partial charge in [0.25, 0.3) is 0 Å². The Bertz CT molecular complexity index is 510. The molecule has 96 valence electrons. The van der Waals surface area contributed by atoms with Gasteiger partial charge in [0.2, 0.25) is 5.89 Å². The lowest BCUT2D eigenvalue weighted by Crippen LogP contribution is -2.15. The summed E-state index contributed by atoms with van der Waals surface area (Å²) in [5, 5.41) is 4.67. The number of benzene rings is 1. The number of halogens is 1. The lowest BCUT2D eigenvalue weighted by molar-refractivity contribution is 0.368. The number of hydrogen-bond donors (Lipinski definition) is 1. The molecule has 4 nitrogen and oxygen atoms in total. The largest absolute Gasteiger partial charge is 0.339 e. The zero-order valence-electron chi connectivity index (χ0n) is 10.3. The number of aryl methyl sites for hydroxylation is 1. The molecule has 0 fully saturated rings. The quantitative estimate of drug-likeness (QED) is 0.902. The summed E-state index contributed by atoms with van der Waals surface area (Å²) in [4.78, 5) is 4.33. The van der Waals surface area contributed by atoms with E-state index in [2.05, 4.69) is 10.1 Å². The number of nitrogens with zero attached hydrogens (tertiary/aromatic N) is 2. The van der Waals surface area contributed by atoms with Gasteiger partial charge in [-0.2, -0.15) is 4.98 Å². The van der Waals surface area contributed by atoms with E-state index < -0.39 is 0 Å². The molecule has 5 heteroatoms. The van der Waals surface area contributed by atoms with Crippen LogP contribution in [0, 0.1) is 0 Å². The average Bonchev–Trinajstić information content (AvgIpc) is 2.77. The summed E-state index contributed by atoms with van der Waals surface area (Å²) in [6, 6.07) is 7.80. The Morgan fingerprint density at radius 3 is 2.89 bits per heavy atom. The van der Waals surface area contributed by atoms with E-state index in [4.69, 9.17) is 21.9 Å². The van der Waals surface area contributed by atoms with Gasteiger partial charge in [0.1, 0.15) is 0 Å². The van der Waals surface area contributed by atoms with Crippen molar-refractivity contribution < 1.29 is 4.52 Å². The van der Waals surface area contributed by atoms with E-state index in [0.717, 1.165) is 17.0 Å². The minimum absolute atomic E-state index is 0.143. The van der Waals surface area contributed by atoms with Crippen LogP contribution >= 0.6 is 11.6 Å². The van der Waals surface area contributed by atoms with Crippen LogP contribution in [0.15, 0.2) is 28.8 Å². The molecule has 0 saturated carbocycles. The van der Waals surface area contributed by atoms with E-state index in [9.17, 15) is 0 Å². The number of hydrogen-bond acceptors (Lipinski definition) is 4. The third kappa shape index (κ3) is 3.55. The molecule has 0 aliphatic heterocycles. The third-order valence-electron chi connectivity index (χ3n) is 2.63. The Kier molecular flexibility index (Phi) is 4.33. The van der Waals surface area contributed by atoms with Crippen molar-refractivity contribution >= 4 is 11.6 Å². The highest BCUT2D eigenvalue weighted by Gasteiger charge is 2.09. The van der Waals surface area contributed by atoms with Crippen LogP contribution in [0.5, 0.6) is 0 Å². The fraction of sp³-hybridized carbons (Fsp3) is 0.385. The van der Waals surface area contributed by atoms with Crippen LogP contribution in [-0.4, -0.2) is 16.2 Å². The van der Waals surface area contributed by atoms with Gasteiger partial charge in [-0.3, -0.25) is 0 Å². The fourth-order valence-electron chi connectivity index (χ4n) is 1.63. The second-order valence-electron chi connectivity index (χ2n) is 4.39. The number of nitrogens with two attached hydrogens (primary N) is 1. The molecule has 2 rings (SSSR count). The highest BCUT2D eigenvalue weighted by molar-refractivity contribution is 6.31. The highest BCUT2D eigenvalue weighted by Crippen LogP contribution is 2.17. The average molecular weight is 266 g/mol. The molecule has 1 heterocycles. The highest BCUT2D eigenvalue weighted by atomic mass is 35.5. The van der Waals surface area contributed by atoms with Crippen molar-refractivity contribution in [2.75, 3.05) is 0 Å². The second-order valence-corrected chi connectivity index (χ2v) is 4.80. The van der Waals surface area contributed by atoms with Crippen molar-refractivity contribution in [1.29, 1.82) is 0 Å². The molecule has 0 aliphatic carbocycles. The summed E-state index contributed by atoms with van der Waals surface area (Å²) < 4.78 is 5.17. The summed E-state index contributed by atoms with van der Waals surface area (Å²) in [6.45, 7) is 1.96. The predicted molar refractivity (Wildman–Crippen MR) is 70.5 cm³/mol. The van der Waals surface area contributed by atoms with Crippen LogP contribution in [0.4, 0.5) is 0 Å². The molecule has 1 atom stereocenters. The molecule has 1 aromatic carbocycles. The minimum Gasteiger partial charge on any atom is -0.339 e. The molecule has 0 spiro atoms. The SMILES string of the molecule is CC(N)CCc1nc(Cc2ccccc2Cl)no1. The summed E-state index contributed by atoms with van der Waals surface area (Å²) >= 11 is 6.08. The lowest BCUT2D eigenvalue weighted by Gasteiger charge is -2.00. The first-order valence-electron chi connectivity index (χ1n) is 5.95. The Hall–Kier alpha value is -1.39. The smallest absolute Gasteiger partial charge is 0.226 e. The van der Waals surface area contributed by atoms with E-state index in [1.165, 1.54) is 0 Å². The molecule has 0 amide bonds. The molecule has 0 radical (unpaired) electrons. The van der Waals surface area contributed by atoms with Gasteiger partial charge >= 0.3 is 0 Å². The van der Waals surface area contributed by atoms with E-state index in [1.807, 2.05) is 31.2 Å². The van der Waals surface area contributed by atoms with Crippen molar-refractivity contribution in [3.05, 3.63) is 46.6 Å². The van der Waals surface area contributed by atoms with Gasteiger partial charge in [0, 0.05) is 23.9 Å². The van der Waals surface area contributed by atoms with Crippen molar-refractivity contribution in [3.8, 4) is 0 Å². The molecule has 2 N–H and O–H groups in total. The van der Waals surface area contributed by atoms with E-state index >= 15 is 0 Å². The van der Waals surface area contributed by atoms with Crippen LogP contribution in [-0.2, 0) is 12.8 Å². The van der Waals surface area contributed by atoms with E-state index in [1.54, 1.807) is 0 Å². The molecule has 1 aromatic heterocycles. The van der Waals surface area contributed by atoms with Crippen LogP contribution in [0.2, 0.25) is 5.02 Å². The van der Waals surface area contributed by atoms with Crippen LogP contribution in [0.25, 0.3) is 0 Å². The number of aromatic nitrogens is 2. The summed E-state index contributed by atoms with van der Waals surface area (Å²) in [7, 11) is 0. The zero-order chi connectivity index (χ0) is 13.0. The Morgan fingerprint density at radius 1 is 1.39 bits per heavy atom. The van der Waals surface area contributed by atoms with Crippen molar-refractivity contribution in [3.63, 3.8) is 0 Å². The number of rotatable bonds is 5. The first kappa shape index (κ1) is 13.1. The fourth-order valence-corrected chi connectivity index (χ4v) is 1.83. The molecular weight excluding hydrogens is 250 g/mol. The third-order valence-corrected chi connectivity index (χ3v) is 3.00. The Labute approximate surface area is 111 Å². The first-order valence-corrected chi connectivity index (χ1v) is 6.33. The van der Waals surface area contributed by atoms with Crippen molar-refractivity contribution in [1.82, 2.24) is 10.1 Å². The maximum atomic E-state index is 6.08. The standard InChI is InChI=1S/C13H16ClN3O/c1-9(15)6-7-13-16-12(17-18-13)8-10-4-2-3-5-11(10)14/h2-5,9H,6-8,15H2,1H3. The normalized spacial score (nSPS) is 12.6. The molecule has 0 saturated heterocycles. The molecule has 0 aliphatic rings. The second kappa shape index (κ2) is 5.98. The molecule has 1 unspecified atom stereocenters. The van der Waals surface area contributed by atoms with Crippen molar-refractivity contribution in [2.24, 2.45) is 5.73 Å². The molecule has 18 heavy (non-hydrogen) atoms. The minimum atomic E-state index is 0.143. The van der Waals surface area contributed by atoms with Gasteiger partial charge in [-0.25, -0.2) is 0 Å². The van der Waals surface area contributed by atoms with Gasteiger partial charge in [-0.05, 0) is 25.0 Å². The first-order chi connectivity index (χ1) is 8.65. The summed E-state index contributed by atoms with van der Waals surface area (Å²) in [6.07, 6.45) is 2.14. The monoisotopic (exact) mass is 265 g/mol. The predicted octanol–water partition coefficient (Wildman–Crippen LogP) is 2.59.